The van der Waals surface area contributed by atoms with Gasteiger partial charge >= 0.3 is 0 Å². The van der Waals surface area contributed by atoms with Gasteiger partial charge in [0.25, 0.3) is 0 Å². The Balaban J connectivity index is 1.87. The molecule has 0 fully saturated rings. The summed E-state index contributed by atoms with van der Waals surface area (Å²) in [6.45, 7) is 9.42. The van der Waals surface area contributed by atoms with Crippen molar-refractivity contribution < 1.29 is 0 Å². The van der Waals surface area contributed by atoms with Crippen LogP contribution < -0.4 is 4.90 Å². The molecule has 1 aliphatic heterocycles. The van der Waals surface area contributed by atoms with Crippen LogP contribution in [-0.2, 0) is 0 Å². The molecule has 0 atom stereocenters. The Morgan fingerprint density at radius 1 is 1.04 bits per heavy atom. The second-order valence-electron chi connectivity index (χ2n) is 5.29. The van der Waals surface area contributed by atoms with Crippen molar-refractivity contribution in [1.82, 2.24) is 4.90 Å². The highest BCUT2D eigenvalue weighted by molar-refractivity contribution is 7.99. The average Bonchev–Trinajstić information content (AvgIpc) is 2.58. The smallest absolute Gasteiger partial charge is 0.0567 e. The number of nitrogens with zero attached hydrogens (tertiary/aromatic N) is 2. The van der Waals surface area contributed by atoms with Gasteiger partial charge in [-0.1, -0.05) is 48.7 Å². The minimum atomic E-state index is 0.771. The molecule has 0 aliphatic carbocycles. The van der Waals surface area contributed by atoms with Gasteiger partial charge in [0.2, 0.25) is 0 Å². The summed E-state index contributed by atoms with van der Waals surface area (Å²) in [7, 11) is 0. The van der Waals surface area contributed by atoms with Crippen molar-refractivity contribution in [2.75, 3.05) is 18.0 Å². The summed E-state index contributed by atoms with van der Waals surface area (Å²) in [5.41, 5.74) is 2.43. The molecule has 0 spiro atoms. The van der Waals surface area contributed by atoms with Crippen LogP contribution in [-0.4, -0.2) is 18.0 Å². The molecule has 118 valence electrons. The molecule has 0 radical (unpaired) electrons. The second kappa shape index (κ2) is 7.16. The highest BCUT2D eigenvalue weighted by atomic mass is 35.5. The molecule has 2 aromatic rings. The summed E-state index contributed by atoms with van der Waals surface area (Å²) in [4.78, 5) is 6.89. The third kappa shape index (κ3) is 3.41. The van der Waals surface area contributed by atoms with E-state index in [9.17, 15) is 0 Å². The van der Waals surface area contributed by atoms with Crippen LogP contribution >= 0.6 is 23.4 Å². The molecule has 2 nitrogen and oxygen atoms in total. The molecular formula is C19H19ClN2S. The van der Waals surface area contributed by atoms with Crippen LogP contribution in [0.25, 0.3) is 0 Å². The van der Waals surface area contributed by atoms with Gasteiger partial charge in [-0.2, -0.15) is 0 Å². The second-order valence-corrected chi connectivity index (χ2v) is 6.81. The van der Waals surface area contributed by atoms with Gasteiger partial charge in [0.05, 0.1) is 11.4 Å². The van der Waals surface area contributed by atoms with E-state index in [1.54, 1.807) is 24.2 Å². The number of rotatable bonds is 6. The van der Waals surface area contributed by atoms with Crippen molar-refractivity contribution in [3.05, 3.63) is 73.0 Å². The molecule has 0 saturated heterocycles. The number of para-hydroxylation sites is 1. The van der Waals surface area contributed by atoms with Crippen LogP contribution in [0.15, 0.2) is 77.8 Å². The Morgan fingerprint density at radius 3 is 2.57 bits per heavy atom. The summed E-state index contributed by atoms with van der Waals surface area (Å²) in [5.74, 6) is 0. The zero-order chi connectivity index (χ0) is 16.2. The minimum Gasteiger partial charge on any atom is -0.355 e. The Bertz CT molecular complexity index is 721. The maximum atomic E-state index is 6.23. The maximum absolute atomic E-state index is 6.23. The summed E-state index contributed by atoms with van der Waals surface area (Å²) < 4.78 is 0. The van der Waals surface area contributed by atoms with Gasteiger partial charge in [-0.15, -0.1) is 0 Å². The monoisotopic (exact) mass is 342 g/mol. The molecular weight excluding hydrogens is 324 g/mol. The third-order valence-corrected chi connectivity index (χ3v) is 5.22. The molecule has 4 heteroatoms. The lowest BCUT2D eigenvalue weighted by Crippen LogP contribution is -2.24. The Labute approximate surface area is 147 Å². The first-order chi connectivity index (χ1) is 11.2. The van der Waals surface area contributed by atoms with Crippen molar-refractivity contribution in [1.29, 1.82) is 0 Å². The van der Waals surface area contributed by atoms with E-state index in [0.29, 0.717) is 0 Å². The number of hydrogen-bond acceptors (Lipinski definition) is 3. The number of hydrogen-bond donors (Lipinski definition) is 0. The van der Waals surface area contributed by atoms with Crippen LogP contribution in [0.1, 0.15) is 6.42 Å². The molecule has 1 heterocycles. The quantitative estimate of drug-likeness (QED) is 0.643. The standard InChI is InChI=1S/C19H19ClN2S/c1-3-21(4-2)12-7-13-22-16-8-5-6-9-18(16)23-19-11-10-15(20)14-17(19)22/h3-6,8-11,14H,1-2,7,12-13H2. The fourth-order valence-electron chi connectivity index (χ4n) is 2.71. The highest BCUT2D eigenvalue weighted by Crippen LogP contribution is 2.48. The largest absolute Gasteiger partial charge is 0.355 e. The van der Waals surface area contributed by atoms with Crippen molar-refractivity contribution in [3.63, 3.8) is 0 Å². The van der Waals surface area contributed by atoms with Gasteiger partial charge in [0.1, 0.15) is 0 Å². The fourth-order valence-corrected chi connectivity index (χ4v) is 3.95. The lowest BCUT2D eigenvalue weighted by molar-refractivity contribution is 0.493. The van der Waals surface area contributed by atoms with Gasteiger partial charge in [0, 0.05) is 27.9 Å². The summed E-state index contributed by atoms with van der Waals surface area (Å²) in [6, 6.07) is 14.6. The van der Waals surface area contributed by atoms with Gasteiger partial charge < -0.3 is 9.80 Å². The maximum Gasteiger partial charge on any atom is 0.0567 e. The molecule has 0 bridgehead atoms. The van der Waals surface area contributed by atoms with Crippen LogP contribution in [0.2, 0.25) is 5.02 Å². The van der Waals surface area contributed by atoms with Crippen molar-refractivity contribution in [2.45, 2.75) is 16.2 Å². The molecule has 0 amide bonds. The van der Waals surface area contributed by atoms with E-state index in [-0.39, 0.29) is 0 Å². The molecule has 2 aromatic carbocycles. The van der Waals surface area contributed by atoms with Crippen LogP contribution in [0.4, 0.5) is 11.4 Å². The van der Waals surface area contributed by atoms with E-state index in [4.69, 9.17) is 11.6 Å². The van der Waals surface area contributed by atoms with Gasteiger partial charge in [-0.05, 0) is 49.2 Å². The molecule has 0 N–H and O–H groups in total. The molecule has 0 saturated carbocycles. The average molecular weight is 343 g/mol. The van der Waals surface area contributed by atoms with E-state index < -0.39 is 0 Å². The summed E-state index contributed by atoms with van der Waals surface area (Å²) >= 11 is 8.03. The zero-order valence-electron chi connectivity index (χ0n) is 12.9. The van der Waals surface area contributed by atoms with E-state index >= 15 is 0 Å². The first kappa shape index (κ1) is 16.0. The predicted octanol–water partition coefficient (Wildman–Crippen LogP) is 5.92. The molecule has 0 unspecified atom stereocenters. The van der Waals surface area contributed by atoms with Gasteiger partial charge in [-0.3, -0.25) is 0 Å². The lowest BCUT2D eigenvalue weighted by Gasteiger charge is -2.33. The normalized spacial score (nSPS) is 12.3. The number of anilines is 2. The topological polar surface area (TPSA) is 6.48 Å². The van der Waals surface area contributed by atoms with Crippen LogP contribution in [0, 0.1) is 0 Å². The lowest BCUT2D eigenvalue weighted by atomic mass is 10.2. The number of halogens is 1. The van der Waals surface area contributed by atoms with Gasteiger partial charge in [-0.25, -0.2) is 0 Å². The SMILES string of the molecule is C=CN(C=C)CCCN1c2ccccc2Sc2ccc(Cl)cc21. The van der Waals surface area contributed by atoms with E-state index in [0.717, 1.165) is 24.5 Å². The van der Waals surface area contributed by atoms with E-state index in [1.165, 1.54) is 21.2 Å². The van der Waals surface area contributed by atoms with Crippen LogP contribution in [0.5, 0.6) is 0 Å². The molecule has 23 heavy (non-hydrogen) atoms. The minimum absolute atomic E-state index is 0.771. The Kier molecular flexibility index (Phi) is 4.99. The third-order valence-electron chi connectivity index (χ3n) is 3.85. The van der Waals surface area contributed by atoms with Crippen LogP contribution in [0.3, 0.4) is 0 Å². The molecule has 1 aliphatic rings. The predicted molar refractivity (Wildman–Crippen MR) is 101 cm³/mol. The Hall–Kier alpha value is -1.84. The number of fused-ring (bicyclic) bond motifs is 2. The van der Waals surface area contributed by atoms with E-state index in [1.807, 2.05) is 11.0 Å². The summed E-state index contributed by atoms with van der Waals surface area (Å²) in [5, 5.41) is 0.771. The first-order valence-electron chi connectivity index (χ1n) is 7.58. The zero-order valence-corrected chi connectivity index (χ0v) is 14.5. The summed E-state index contributed by atoms with van der Waals surface area (Å²) in [6.07, 6.45) is 4.61. The van der Waals surface area contributed by atoms with Crippen molar-refractivity contribution in [3.8, 4) is 0 Å². The first-order valence-corrected chi connectivity index (χ1v) is 8.77. The van der Waals surface area contributed by atoms with Crippen molar-refractivity contribution >= 4 is 34.7 Å². The van der Waals surface area contributed by atoms with E-state index in [2.05, 4.69) is 54.5 Å². The van der Waals surface area contributed by atoms with Crippen molar-refractivity contribution in [2.24, 2.45) is 0 Å². The van der Waals surface area contributed by atoms with Gasteiger partial charge in [0.15, 0.2) is 0 Å². The molecule has 3 rings (SSSR count). The Morgan fingerprint density at radius 2 is 1.78 bits per heavy atom. The molecule has 0 aromatic heterocycles. The fraction of sp³-hybridized carbons (Fsp3) is 0.158. The number of benzene rings is 2. The highest BCUT2D eigenvalue weighted by Gasteiger charge is 2.23.